The van der Waals surface area contributed by atoms with Gasteiger partial charge in [-0.1, -0.05) is 0 Å². The Hall–Kier alpha value is -3.09. The van der Waals surface area contributed by atoms with Crippen LogP contribution < -0.4 is 10.3 Å². The zero-order chi connectivity index (χ0) is 18.0. The number of carbonyl (C=O) groups is 2. The lowest BCUT2D eigenvalue weighted by Crippen LogP contribution is -2.27. The number of aryl methyl sites for hydroxylation is 1. The Bertz CT molecular complexity index is 868. The molecule has 0 spiro atoms. The second-order valence-corrected chi connectivity index (χ2v) is 5.44. The van der Waals surface area contributed by atoms with Crippen LogP contribution in [0, 0.1) is 6.92 Å². The second kappa shape index (κ2) is 6.57. The monoisotopic (exact) mass is 330 g/mol. The van der Waals surface area contributed by atoms with Crippen molar-refractivity contribution in [1.82, 2.24) is 9.47 Å². The first-order valence-electron chi connectivity index (χ1n) is 7.13. The van der Waals surface area contributed by atoms with Crippen LogP contribution in [-0.4, -0.2) is 47.7 Å². The standard InChI is InChI=1S/C17H18N2O5/c1-10-7-8-19(16(21)14(10)17(22)23)12-9-11(15(20)18(2)3)5-6-13(12)24-4/h5-9H,1-4H3,(H,22,23). The van der Waals surface area contributed by atoms with Gasteiger partial charge >= 0.3 is 5.97 Å². The van der Waals surface area contributed by atoms with Gasteiger partial charge in [-0.15, -0.1) is 0 Å². The molecule has 0 saturated carbocycles. The van der Waals surface area contributed by atoms with Crippen LogP contribution in [-0.2, 0) is 0 Å². The lowest BCUT2D eigenvalue weighted by Gasteiger charge is -2.15. The van der Waals surface area contributed by atoms with Crippen molar-refractivity contribution >= 4 is 11.9 Å². The summed E-state index contributed by atoms with van der Waals surface area (Å²) in [4.78, 5) is 37.4. The molecule has 0 unspecified atom stereocenters. The Labute approximate surface area is 138 Å². The molecular weight excluding hydrogens is 312 g/mol. The Morgan fingerprint density at radius 3 is 2.42 bits per heavy atom. The number of hydrogen-bond acceptors (Lipinski definition) is 4. The highest BCUT2D eigenvalue weighted by Crippen LogP contribution is 2.24. The number of aromatic carboxylic acids is 1. The molecule has 24 heavy (non-hydrogen) atoms. The summed E-state index contributed by atoms with van der Waals surface area (Å²) in [5.74, 6) is -1.18. The molecule has 7 nitrogen and oxygen atoms in total. The van der Waals surface area contributed by atoms with E-state index in [-0.39, 0.29) is 11.5 Å². The normalized spacial score (nSPS) is 10.3. The van der Waals surface area contributed by atoms with E-state index in [1.165, 1.54) is 34.9 Å². The number of pyridine rings is 1. The molecule has 0 aliphatic heterocycles. The van der Waals surface area contributed by atoms with Crippen LogP contribution in [0.5, 0.6) is 5.75 Å². The number of rotatable bonds is 4. The Kier molecular flexibility index (Phi) is 4.73. The van der Waals surface area contributed by atoms with E-state index in [0.29, 0.717) is 22.6 Å². The average molecular weight is 330 g/mol. The fourth-order valence-electron chi connectivity index (χ4n) is 2.35. The number of hydrogen-bond donors (Lipinski definition) is 1. The van der Waals surface area contributed by atoms with Gasteiger partial charge in [0.1, 0.15) is 11.3 Å². The Morgan fingerprint density at radius 1 is 1.21 bits per heavy atom. The number of ether oxygens (including phenoxy) is 1. The van der Waals surface area contributed by atoms with E-state index >= 15 is 0 Å². The summed E-state index contributed by atoms with van der Waals surface area (Å²) in [6, 6.07) is 6.19. The minimum Gasteiger partial charge on any atom is -0.495 e. The van der Waals surface area contributed by atoms with Crippen molar-refractivity contribution in [3.63, 3.8) is 0 Å². The summed E-state index contributed by atoms with van der Waals surface area (Å²) in [6.07, 6.45) is 1.46. The topological polar surface area (TPSA) is 88.8 Å². The number of carboxylic acids is 1. The highest BCUT2D eigenvalue weighted by Gasteiger charge is 2.18. The molecular formula is C17H18N2O5. The van der Waals surface area contributed by atoms with E-state index in [1.807, 2.05) is 0 Å². The molecule has 0 fully saturated rings. The number of nitrogens with zero attached hydrogens (tertiary/aromatic N) is 2. The van der Waals surface area contributed by atoms with Crippen molar-refractivity contribution in [1.29, 1.82) is 0 Å². The molecule has 1 aromatic carbocycles. The average Bonchev–Trinajstić information content (AvgIpc) is 2.53. The molecule has 0 atom stereocenters. The predicted molar refractivity (Wildman–Crippen MR) is 88.3 cm³/mol. The minimum atomic E-state index is -1.30. The van der Waals surface area contributed by atoms with Crippen molar-refractivity contribution in [3.8, 4) is 11.4 Å². The van der Waals surface area contributed by atoms with Crippen LogP contribution in [0.2, 0.25) is 0 Å². The molecule has 126 valence electrons. The molecule has 0 aliphatic carbocycles. The van der Waals surface area contributed by atoms with Gasteiger partial charge in [0.2, 0.25) is 0 Å². The van der Waals surface area contributed by atoms with E-state index in [0.717, 1.165) is 0 Å². The van der Waals surface area contributed by atoms with Crippen molar-refractivity contribution in [2.45, 2.75) is 6.92 Å². The first kappa shape index (κ1) is 17.3. The smallest absolute Gasteiger partial charge is 0.341 e. The van der Waals surface area contributed by atoms with Crippen LogP contribution in [0.3, 0.4) is 0 Å². The predicted octanol–water partition coefficient (Wildman–Crippen LogP) is 1.55. The molecule has 1 aromatic heterocycles. The van der Waals surface area contributed by atoms with Crippen LogP contribution in [0.25, 0.3) is 5.69 Å². The lowest BCUT2D eigenvalue weighted by atomic mass is 10.1. The van der Waals surface area contributed by atoms with Gasteiger partial charge in [0.05, 0.1) is 12.8 Å². The first-order chi connectivity index (χ1) is 11.3. The van der Waals surface area contributed by atoms with Gasteiger partial charge < -0.3 is 14.7 Å². The number of carboxylic acid groups (broad SMARTS) is 1. The van der Waals surface area contributed by atoms with Gasteiger partial charge in [-0.05, 0) is 36.8 Å². The number of benzene rings is 1. The zero-order valence-electron chi connectivity index (χ0n) is 13.9. The van der Waals surface area contributed by atoms with Crippen LogP contribution in [0.4, 0.5) is 0 Å². The fraction of sp³-hybridized carbons (Fsp3) is 0.235. The van der Waals surface area contributed by atoms with Gasteiger partial charge in [-0.2, -0.15) is 0 Å². The maximum atomic E-state index is 12.5. The summed E-state index contributed by atoms with van der Waals surface area (Å²) in [7, 11) is 4.67. The highest BCUT2D eigenvalue weighted by molar-refractivity contribution is 5.95. The van der Waals surface area contributed by atoms with E-state index in [1.54, 1.807) is 33.2 Å². The lowest BCUT2D eigenvalue weighted by molar-refractivity contribution is 0.0693. The van der Waals surface area contributed by atoms with Gasteiger partial charge in [-0.25, -0.2) is 4.79 Å². The maximum absolute atomic E-state index is 12.5. The van der Waals surface area contributed by atoms with Gasteiger partial charge in [-0.3, -0.25) is 14.2 Å². The van der Waals surface area contributed by atoms with E-state index < -0.39 is 11.5 Å². The van der Waals surface area contributed by atoms with Crippen molar-refractivity contribution in [2.75, 3.05) is 21.2 Å². The second-order valence-electron chi connectivity index (χ2n) is 5.44. The molecule has 0 bridgehead atoms. The van der Waals surface area contributed by atoms with Crippen LogP contribution in [0.1, 0.15) is 26.3 Å². The molecule has 1 N–H and O–H groups in total. The fourth-order valence-corrected chi connectivity index (χ4v) is 2.35. The van der Waals surface area contributed by atoms with Crippen molar-refractivity contribution in [3.05, 3.63) is 57.5 Å². The Morgan fingerprint density at radius 2 is 1.88 bits per heavy atom. The summed E-state index contributed by atoms with van der Waals surface area (Å²) >= 11 is 0. The number of methoxy groups -OCH3 is 1. The molecule has 0 radical (unpaired) electrons. The third-order valence-electron chi connectivity index (χ3n) is 3.61. The van der Waals surface area contributed by atoms with Gasteiger partial charge in [0, 0.05) is 25.9 Å². The quantitative estimate of drug-likeness (QED) is 0.919. The molecule has 1 heterocycles. The number of aromatic nitrogens is 1. The third kappa shape index (κ3) is 3.01. The summed E-state index contributed by atoms with van der Waals surface area (Å²) in [5, 5.41) is 9.25. The number of carbonyl (C=O) groups excluding carboxylic acids is 1. The maximum Gasteiger partial charge on any atom is 0.341 e. The van der Waals surface area contributed by atoms with Crippen molar-refractivity contribution in [2.24, 2.45) is 0 Å². The largest absolute Gasteiger partial charge is 0.495 e. The molecule has 0 aliphatic rings. The summed E-state index contributed by atoms with van der Waals surface area (Å²) < 4.78 is 6.42. The molecule has 2 rings (SSSR count). The van der Waals surface area contributed by atoms with E-state index in [4.69, 9.17) is 4.74 Å². The van der Waals surface area contributed by atoms with Gasteiger partial charge in [0.15, 0.2) is 0 Å². The third-order valence-corrected chi connectivity index (χ3v) is 3.61. The van der Waals surface area contributed by atoms with Crippen LogP contribution >= 0.6 is 0 Å². The highest BCUT2D eigenvalue weighted by atomic mass is 16.5. The molecule has 7 heteroatoms. The summed E-state index contributed by atoms with van der Waals surface area (Å²) in [5.41, 5.74) is 0.0280. The van der Waals surface area contributed by atoms with Crippen LogP contribution in [0.15, 0.2) is 35.3 Å². The first-order valence-corrected chi connectivity index (χ1v) is 7.13. The number of amides is 1. The molecule has 1 amide bonds. The van der Waals surface area contributed by atoms with Crippen molar-refractivity contribution < 1.29 is 19.4 Å². The minimum absolute atomic E-state index is 0.238. The zero-order valence-corrected chi connectivity index (χ0v) is 13.9. The Balaban J connectivity index is 2.74. The van der Waals surface area contributed by atoms with Gasteiger partial charge in [0.25, 0.3) is 11.5 Å². The van der Waals surface area contributed by atoms with E-state index in [2.05, 4.69) is 0 Å². The summed E-state index contributed by atoms with van der Waals surface area (Å²) in [6.45, 7) is 1.55. The van der Waals surface area contributed by atoms with E-state index in [9.17, 15) is 19.5 Å². The molecule has 2 aromatic rings. The molecule has 0 saturated heterocycles. The SMILES string of the molecule is COc1ccc(C(=O)N(C)C)cc1-n1ccc(C)c(C(=O)O)c1=O.